The summed E-state index contributed by atoms with van der Waals surface area (Å²) in [5, 5.41) is 19.6. The Labute approximate surface area is 118 Å². The van der Waals surface area contributed by atoms with Crippen LogP contribution in [0.25, 0.3) is 0 Å². The zero-order valence-corrected chi connectivity index (χ0v) is 12.5. The lowest BCUT2D eigenvalue weighted by atomic mass is 10.0. The first-order valence-electron chi connectivity index (χ1n) is 8.20. The van der Waals surface area contributed by atoms with Crippen LogP contribution >= 0.6 is 0 Å². The SMILES string of the molecule is CCCCCCCCC(O)CCCC(O)CC1CO1. The highest BCUT2D eigenvalue weighted by Crippen LogP contribution is 2.19. The molecule has 19 heavy (non-hydrogen) atoms. The van der Waals surface area contributed by atoms with E-state index in [4.69, 9.17) is 4.74 Å². The summed E-state index contributed by atoms with van der Waals surface area (Å²) in [5.74, 6) is 0. The first-order chi connectivity index (χ1) is 9.22. The molecule has 1 rings (SSSR count). The van der Waals surface area contributed by atoms with Crippen LogP contribution in [0.2, 0.25) is 0 Å². The maximum absolute atomic E-state index is 9.85. The first-order valence-corrected chi connectivity index (χ1v) is 8.20. The first kappa shape index (κ1) is 16.9. The number of hydrogen-bond donors (Lipinski definition) is 2. The molecule has 1 heterocycles. The topological polar surface area (TPSA) is 53.0 Å². The van der Waals surface area contributed by atoms with Crippen LogP contribution in [0, 0.1) is 0 Å². The molecule has 0 aromatic heterocycles. The predicted octanol–water partition coefficient (Wildman–Crippen LogP) is 3.42. The number of aliphatic hydroxyl groups excluding tert-OH is 2. The Morgan fingerprint density at radius 1 is 0.895 bits per heavy atom. The van der Waals surface area contributed by atoms with Gasteiger partial charge in [-0.05, 0) is 25.7 Å². The van der Waals surface area contributed by atoms with Crippen LogP contribution < -0.4 is 0 Å². The van der Waals surface area contributed by atoms with Gasteiger partial charge in [0.1, 0.15) is 0 Å². The molecule has 0 spiro atoms. The lowest BCUT2D eigenvalue weighted by Crippen LogP contribution is -2.12. The van der Waals surface area contributed by atoms with Gasteiger partial charge in [-0.2, -0.15) is 0 Å². The maximum atomic E-state index is 9.85. The Bertz CT molecular complexity index is 204. The highest BCUT2D eigenvalue weighted by Gasteiger charge is 2.25. The van der Waals surface area contributed by atoms with E-state index in [1.165, 1.54) is 32.1 Å². The molecule has 0 aliphatic carbocycles. The molecule has 1 aliphatic heterocycles. The lowest BCUT2D eigenvalue weighted by molar-refractivity contribution is 0.117. The number of aliphatic hydroxyl groups is 2. The molecule has 0 bridgehead atoms. The van der Waals surface area contributed by atoms with E-state index in [1.54, 1.807) is 0 Å². The summed E-state index contributed by atoms with van der Waals surface area (Å²) in [6.45, 7) is 3.05. The molecule has 3 atom stereocenters. The van der Waals surface area contributed by atoms with Gasteiger partial charge in [0.05, 0.1) is 24.9 Å². The molecule has 0 aromatic carbocycles. The smallest absolute Gasteiger partial charge is 0.0834 e. The van der Waals surface area contributed by atoms with Gasteiger partial charge < -0.3 is 14.9 Å². The minimum atomic E-state index is -0.242. The van der Waals surface area contributed by atoms with Crippen molar-refractivity contribution in [1.82, 2.24) is 0 Å². The highest BCUT2D eigenvalue weighted by atomic mass is 16.6. The zero-order chi connectivity index (χ0) is 13.9. The van der Waals surface area contributed by atoms with Crippen LogP contribution in [0.5, 0.6) is 0 Å². The molecule has 1 aliphatic rings. The van der Waals surface area contributed by atoms with Crippen molar-refractivity contribution in [3.05, 3.63) is 0 Å². The third-order valence-electron chi connectivity index (χ3n) is 3.90. The highest BCUT2D eigenvalue weighted by molar-refractivity contribution is 4.73. The number of rotatable bonds is 13. The molecule has 0 saturated carbocycles. The van der Waals surface area contributed by atoms with Gasteiger partial charge >= 0.3 is 0 Å². The lowest BCUT2D eigenvalue weighted by Gasteiger charge is -2.12. The van der Waals surface area contributed by atoms with Crippen molar-refractivity contribution in [2.24, 2.45) is 0 Å². The minimum Gasteiger partial charge on any atom is -0.393 e. The van der Waals surface area contributed by atoms with Crippen molar-refractivity contribution in [2.45, 2.75) is 95.9 Å². The number of epoxide rings is 1. The Hall–Kier alpha value is -0.120. The summed E-state index contributed by atoms with van der Waals surface area (Å²) in [6.07, 6.45) is 11.8. The number of unbranched alkanes of at least 4 members (excludes halogenated alkanes) is 5. The maximum Gasteiger partial charge on any atom is 0.0834 e. The average molecular weight is 272 g/mol. The zero-order valence-electron chi connectivity index (χ0n) is 12.5. The molecule has 3 heteroatoms. The van der Waals surface area contributed by atoms with E-state index in [1.807, 2.05) is 0 Å². The number of ether oxygens (including phenoxy) is 1. The van der Waals surface area contributed by atoms with Crippen LogP contribution in [0.15, 0.2) is 0 Å². The third kappa shape index (κ3) is 10.3. The molecule has 0 amide bonds. The van der Waals surface area contributed by atoms with Crippen LogP contribution in [0.1, 0.15) is 77.6 Å². The molecular weight excluding hydrogens is 240 g/mol. The van der Waals surface area contributed by atoms with Gasteiger partial charge in [0.25, 0.3) is 0 Å². The van der Waals surface area contributed by atoms with Gasteiger partial charge in [0.15, 0.2) is 0 Å². The van der Waals surface area contributed by atoms with Crippen molar-refractivity contribution in [3.63, 3.8) is 0 Å². The normalized spacial score (nSPS) is 21.3. The standard InChI is InChI=1S/C16H32O3/c1-2-3-4-5-6-7-9-14(17)10-8-11-15(18)12-16-13-19-16/h14-18H,2-13H2,1H3. The van der Waals surface area contributed by atoms with Crippen molar-refractivity contribution < 1.29 is 14.9 Å². The molecule has 1 fully saturated rings. The molecule has 0 radical (unpaired) electrons. The molecule has 3 unspecified atom stereocenters. The summed E-state index contributed by atoms with van der Waals surface area (Å²) < 4.78 is 5.09. The fourth-order valence-corrected chi connectivity index (χ4v) is 2.52. The predicted molar refractivity (Wildman–Crippen MR) is 78.2 cm³/mol. The largest absolute Gasteiger partial charge is 0.393 e. The Kier molecular flexibility index (Phi) is 9.48. The van der Waals surface area contributed by atoms with Crippen molar-refractivity contribution in [1.29, 1.82) is 0 Å². The second kappa shape index (κ2) is 10.6. The van der Waals surface area contributed by atoms with Gasteiger partial charge in [0.2, 0.25) is 0 Å². The van der Waals surface area contributed by atoms with E-state index in [0.29, 0.717) is 6.10 Å². The summed E-state index contributed by atoms with van der Waals surface area (Å²) >= 11 is 0. The van der Waals surface area contributed by atoms with E-state index < -0.39 is 0 Å². The second-order valence-electron chi connectivity index (χ2n) is 5.99. The molecule has 1 saturated heterocycles. The molecule has 0 aromatic rings. The third-order valence-corrected chi connectivity index (χ3v) is 3.90. The van der Waals surface area contributed by atoms with E-state index in [0.717, 1.165) is 45.1 Å². The minimum absolute atomic E-state index is 0.171. The Balaban J connectivity index is 1.82. The van der Waals surface area contributed by atoms with Crippen LogP contribution in [0.3, 0.4) is 0 Å². The molecule has 114 valence electrons. The monoisotopic (exact) mass is 272 g/mol. The van der Waals surface area contributed by atoms with E-state index in [2.05, 4.69) is 6.92 Å². The van der Waals surface area contributed by atoms with Gasteiger partial charge in [-0.1, -0.05) is 45.4 Å². The van der Waals surface area contributed by atoms with Gasteiger partial charge in [0, 0.05) is 6.42 Å². The fourth-order valence-electron chi connectivity index (χ4n) is 2.52. The van der Waals surface area contributed by atoms with E-state index in [-0.39, 0.29) is 12.2 Å². The van der Waals surface area contributed by atoms with Crippen LogP contribution in [-0.4, -0.2) is 35.1 Å². The summed E-state index contributed by atoms with van der Waals surface area (Å²) in [7, 11) is 0. The Morgan fingerprint density at radius 2 is 1.47 bits per heavy atom. The van der Waals surface area contributed by atoms with Gasteiger partial charge in [-0.15, -0.1) is 0 Å². The van der Waals surface area contributed by atoms with Crippen molar-refractivity contribution in [3.8, 4) is 0 Å². The van der Waals surface area contributed by atoms with Crippen LogP contribution in [-0.2, 0) is 4.74 Å². The number of hydrogen-bond acceptors (Lipinski definition) is 3. The van der Waals surface area contributed by atoms with Crippen molar-refractivity contribution >= 4 is 0 Å². The Morgan fingerprint density at radius 3 is 2.16 bits per heavy atom. The van der Waals surface area contributed by atoms with Crippen molar-refractivity contribution in [2.75, 3.05) is 6.61 Å². The summed E-state index contributed by atoms with van der Waals surface area (Å²) in [5.41, 5.74) is 0. The quantitative estimate of drug-likeness (QED) is 0.399. The fraction of sp³-hybridized carbons (Fsp3) is 1.00. The van der Waals surface area contributed by atoms with Crippen LogP contribution in [0.4, 0.5) is 0 Å². The second-order valence-corrected chi connectivity index (χ2v) is 5.99. The molecule has 3 nitrogen and oxygen atoms in total. The van der Waals surface area contributed by atoms with E-state index >= 15 is 0 Å². The van der Waals surface area contributed by atoms with Gasteiger partial charge in [-0.25, -0.2) is 0 Å². The molecular formula is C16H32O3. The summed E-state index contributed by atoms with van der Waals surface area (Å²) in [6, 6.07) is 0. The average Bonchev–Trinajstić information content (AvgIpc) is 3.17. The van der Waals surface area contributed by atoms with E-state index in [9.17, 15) is 10.2 Å². The van der Waals surface area contributed by atoms with Gasteiger partial charge in [-0.3, -0.25) is 0 Å². The molecule has 2 N–H and O–H groups in total. The summed E-state index contributed by atoms with van der Waals surface area (Å²) in [4.78, 5) is 0.